The summed E-state index contributed by atoms with van der Waals surface area (Å²) in [4.78, 5) is -1.25. The third-order valence-electron chi connectivity index (χ3n) is 7.51. The van der Waals surface area contributed by atoms with E-state index >= 15 is 0 Å². The van der Waals surface area contributed by atoms with Gasteiger partial charge in [-0.25, -0.2) is 0 Å². The van der Waals surface area contributed by atoms with Crippen molar-refractivity contribution in [2.24, 2.45) is 0 Å². The van der Waals surface area contributed by atoms with Gasteiger partial charge >= 0.3 is 0 Å². The van der Waals surface area contributed by atoms with Crippen LogP contribution in [0, 0.1) is 0 Å². The van der Waals surface area contributed by atoms with Crippen molar-refractivity contribution in [1.29, 1.82) is 0 Å². The van der Waals surface area contributed by atoms with Crippen molar-refractivity contribution in [3.63, 3.8) is 0 Å². The first kappa shape index (κ1) is 27.1. The van der Waals surface area contributed by atoms with Crippen molar-refractivity contribution >= 4 is 43.2 Å². The van der Waals surface area contributed by atoms with E-state index in [9.17, 15) is 25.9 Å². The first-order chi connectivity index (χ1) is 19.6. The molecule has 0 amide bonds. The molecule has 1 unspecified atom stereocenters. The van der Waals surface area contributed by atoms with Crippen molar-refractivity contribution in [1.82, 2.24) is 5.32 Å². The fourth-order valence-electron chi connectivity index (χ4n) is 5.53. The Morgan fingerprint density at radius 3 is 2.07 bits per heavy atom. The average molecular weight is 584 g/mol. The lowest BCUT2D eigenvalue weighted by atomic mass is 9.77. The Kier molecular flexibility index (Phi) is 6.64. The minimum atomic E-state index is -4.76. The molecule has 0 fully saturated rings. The number of hydrogen-bond acceptors (Lipinski definition) is 5. The molecule has 0 aliphatic carbocycles. The van der Waals surface area contributed by atoms with Gasteiger partial charge in [0.1, 0.15) is 4.90 Å². The van der Waals surface area contributed by atoms with Gasteiger partial charge in [0.05, 0.1) is 10.4 Å². The SMILES string of the molecule is O=S(=O)(O)c1ccc(C=Cc2ccc(C3(c4ccc5ccccc5c4)NCc4ccccc43)cc2)c(S(=O)(=O)O)c1. The highest BCUT2D eigenvalue weighted by atomic mass is 32.2. The zero-order valence-corrected chi connectivity index (χ0v) is 23.2. The highest BCUT2D eigenvalue weighted by Crippen LogP contribution is 2.43. The molecule has 3 N–H and O–H groups in total. The maximum atomic E-state index is 11.9. The van der Waals surface area contributed by atoms with Crippen LogP contribution in [0.2, 0.25) is 0 Å². The van der Waals surface area contributed by atoms with E-state index in [1.54, 1.807) is 6.08 Å². The summed E-state index contributed by atoms with van der Waals surface area (Å²) in [5, 5.41) is 6.07. The molecule has 0 spiro atoms. The van der Waals surface area contributed by atoms with Crippen molar-refractivity contribution in [2.75, 3.05) is 0 Å². The molecule has 5 aromatic rings. The number of benzene rings is 5. The minimum Gasteiger partial charge on any atom is -0.296 e. The van der Waals surface area contributed by atoms with Crippen LogP contribution in [-0.2, 0) is 32.3 Å². The van der Waals surface area contributed by atoms with Gasteiger partial charge in [0.15, 0.2) is 0 Å². The summed E-state index contributed by atoms with van der Waals surface area (Å²) in [7, 11) is -9.41. The molecule has 1 aliphatic heterocycles. The van der Waals surface area contributed by atoms with Crippen LogP contribution in [0.15, 0.2) is 119 Å². The fraction of sp³-hybridized carbons (Fsp3) is 0.0625. The molecule has 5 aromatic carbocycles. The molecule has 0 saturated carbocycles. The second kappa shape index (κ2) is 10.1. The van der Waals surface area contributed by atoms with Gasteiger partial charge in [-0.1, -0.05) is 103 Å². The molecule has 41 heavy (non-hydrogen) atoms. The molecular formula is C32H25NO6S2. The van der Waals surface area contributed by atoms with Gasteiger partial charge in [0.2, 0.25) is 0 Å². The molecule has 9 heteroatoms. The summed E-state index contributed by atoms with van der Waals surface area (Å²) >= 11 is 0. The molecule has 0 bridgehead atoms. The molecule has 7 nitrogen and oxygen atoms in total. The molecule has 6 rings (SSSR count). The van der Waals surface area contributed by atoms with E-state index < -0.39 is 35.6 Å². The largest absolute Gasteiger partial charge is 0.296 e. The topological polar surface area (TPSA) is 121 Å². The van der Waals surface area contributed by atoms with Gasteiger partial charge < -0.3 is 0 Å². The second-order valence-corrected chi connectivity index (χ2v) is 12.7. The van der Waals surface area contributed by atoms with Crippen molar-refractivity contribution in [3.8, 4) is 0 Å². The summed E-state index contributed by atoms with van der Waals surface area (Å²) in [6.07, 6.45) is 3.13. The van der Waals surface area contributed by atoms with E-state index in [2.05, 4.69) is 47.8 Å². The van der Waals surface area contributed by atoms with Crippen LogP contribution in [-0.4, -0.2) is 25.9 Å². The zero-order valence-electron chi connectivity index (χ0n) is 21.6. The van der Waals surface area contributed by atoms with Crippen LogP contribution in [0.5, 0.6) is 0 Å². The van der Waals surface area contributed by atoms with Crippen LogP contribution in [0.1, 0.15) is 33.4 Å². The molecule has 0 radical (unpaired) electrons. The van der Waals surface area contributed by atoms with E-state index in [4.69, 9.17) is 0 Å². The van der Waals surface area contributed by atoms with Crippen LogP contribution < -0.4 is 5.32 Å². The van der Waals surface area contributed by atoms with Crippen molar-refractivity contribution < 1.29 is 25.9 Å². The Hall–Kier alpha value is -4.12. The Labute approximate surface area is 238 Å². The maximum Gasteiger partial charge on any atom is 0.295 e. The van der Waals surface area contributed by atoms with Gasteiger partial charge in [0, 0.05) is 6.54 Å². The summed E-state index contributed by atoms with van der Waals surface area (Å²) in [5.74, 6) is 0. The Bertz CT molecular complexity index is 2050. The lowest BCUT2D eigenvalue weighted by Crippen LogP contribution is -2.39. The Balaban J connectivity index is 1.41. The maximum absolute atomic E-state index is 11.9. The highest BCUT2D eigenvalue weighted by Gasteiger charge is 2.41. The first-order valence-corrected chi connectivity index (χ1v) is 15.6. The number of fused-ring (bicyclic) bond motifs is 2. The summed E-state index contributed by atoms with van der Waals surface area (Å²) in [6.45, 7) is 0.711. The molecular weight excluding hydrogens is 558 g/mol. The summed E-state index contributed by atoms with van der Waals surface area (Å²) in [5.41, 5.74) is 4.79. The third-order valence-corrected chi connectivity index (χ3v) is 9.27. The van der Waals surface area contributed by atoms with Crippen LogP contribution in [0.25, 0.3) is 22.9 Å². The predicted octanol–water partition coefficient (Wildman–Crippen LogP) is 5.90. The monoisotopic (exact) mass is 583 g/mol. The van der Waals surface area contributed by atoms with Gasteiger partial charge in [-0.15, -0.1) is 0 Å². The van der Waals surface area contributed by atoms with Crippen molar-refractivity contribution in [2.45, 2.75) is 21.9 Å². The van der Waals surface area contributed by atoms with Crippen LogP contribution in [0.3, 0.4) is 0 Å². The minimum absolute atomic E-state index is 0.0722. The van der Waals surface area contributed by atoms with E-state index in [0.717, 1.165) is 39.6 Å². The van der Waals surface area contributed by atoms with Gasteiger partial charge in [0.25, 0.3) is 20.2 Å². The lowest BCUT2D eigenvalue weighted by Gasteiger charge is -2.33. The van der Waals surface area contributed by atoms with Crippen molar-refractivity contribution in [3.05, 3.63) is 143 Å². The smallest absolute Gasteiger partial charge is 0.295 e. The Morgan fingerprint density at radius 2 is 1.34 bits per heavy atom. The van der Waals surface area contributed by atoms with E-state index in [0.29, 0.717) is 6.54 Å². The number of hydrogen-bond donors (Lipinski definition) is 3. The summed E-state index contributed by atoms with van der Waals surface area (Å²) in [6, 6.07) is 34.0. The lowest BCUT2D eigenvalue weighted by molar-refractivity contribution is 0.481. The average Bonchev–Trinajstić information content (AvgIpc) is 3.35. The summed E-state index contributed by atoms with van der Waals surface area (Å²) < 4.78 is 65.7. The van der Waals surface area contributed by atoms with Gasteiger partial charge in [-0.05, 0) is 62.4 Å². The molecule has 1 heterocycles. The van der Waals surface area contributed by atoms with Crippen LogP contribution in [0.4, 0.5) is 0 Å². The second-order valence-electron chi connectivity index (χ2n) is 9.93. The van der Waals surface area contributed by atoms with Gasteiger partial charge in [-0.3, -0.25) is 14.4 Å². The Morgan fingerprint density at radius 1 is 0.659 bits per heavy atom. The molecule has 206 valence electrons. The van der Waals surface area contributed by atoms with Gasteiger partial charge in [-0.2, -0.15) is 16.8 Å². The van der Waals surface area contributed by atoms with E-state index in [1.165, 1.54) is 23.3 Å². The molecule has 0 aromatic heterocycles. The van der Waals surface area contributed by atoms with E-state index in [-0.39, 0.29) is 5.56 Å². The number of rotatable bonds is 6. The molecule has 0 saturated heterocycles. The predicted molar refractivity (Wildman–Crippen MR) is 159 cm³/mol. The third kappa shape index (κ3) is 4.99. The van der Waals surface area contributed by atoms with Crippen LogP contribution >= 0.6 is 0 Å². The van der Waals surface area contributed by atoms with E-state index in [1.807, 2.05) is 48.5 Å². The first-order valence-electron chi connectivity index (χ1n) is 12.8. The number of nitrogens with one attached hydrogen (secondary N) is 1. The molecule has 1 atom stereocenters. The molecule has 1 aliphatic rings. The quantitative estimate of drug-likeness (QED) is 0.168. The fourth-order valence-corrected chi connectivity index (χ4v) is 6.83. The standard InChI is InChI=1S/C32H25NO6S2/c34-40(35,36)29-18-14-24(31(20-29)41(37,38)39)12-9-22-10-15-27(16-11-22)32(30-8-4-3-7-26(30)21-33-32)28-17-13-23-5-1-2-6-25(23)19-28/h1-20,33H,21H2,(H,34,35,36)(H,37,38,39). The highest BCUT2D eigenvalue weighted by molar-refractivity contribution is 7.86. The normalized spacial score (nSPS) is 17.2. The zero-order chi connectivity index (χ0) is 28.8.